The lowest BCUT2D eigenvalue weighted by atomic mass is 10.3. The average Bonchev–Trinajstić information content (AvgIpc) is 1.63. The highest BCUT2D eigenvalue weighted by atomic mass is 31.1. The number of hydrogen-bond acceptors (Lipinski definition) is 1. The molecule has 1 aliphatic rings. The van der Waals surface area contributed by atoms with Crippen LogP contribution < -0.4 is 0 Å². The van der Waals surface area contributed by atoms with Crippen LogP contribution in [-0.2, 0) is 0 Å². The Morgan fingerprint density at radius 2 is 2.00 bits per heavy atom. The molecule has 1 aliphatic heterocycles. The molecular weight excluding hydrogens is 105 g/mol. The van der Waals surface area contributed by atoms with Gasteiger partial charge in [0.05, 0.1) is 0 Å². The van der Waals surface area contributed by atoms with E-state index in [4.69, 9.17) is 0 Å². The van der Waals surface area contributed by atoms with E-state index in [0.29, 0.717) is 5.28 Å². The Hall–Kier alpha value is 0.390. The fraction of sp³-hybridized carbons (Fsp3) is 1.00. The van der Waals surface area contributed by atoms with Crippen LogP contribution in [0.25, 0.3) is 0 Å². The van der Waals surface area contributed by atoms with Crippen molar-refractivity contribution in [1.29, 1.82) is 0 Å². The molecule has 1 rings (SSSR count). The van der Waals surface area contributed by atoms with Crippen molar-refractivity contribution in [2.24, 2.45) is 0 Å². The molecular formula is C5H12NP. The lowest BCUT2D eigenvalue weighted by Gasteiger charge is -2.45. The van der Waals surface area contributed by atoms with Crippen molar-refractivity contribution >= 4 is 8.58 Å². The van der Waals surface area contributed by atoms with E-state index in [1.54, 1.807) is 0 Å². The van der Waals surface area contributed by atoms with E-state index in [-0.39, 0.29) is 0 Å². The molecule has 1 saturated heterocycles. The Bertz CT molecular complexity index is 80.1. The molecule has 1 nitrogen and oxygen atoms in total. The van der Waals surface area contributed by atoms with Crippen LogP contribution in [-0.4, -0.2) is 23.5 Å². The molecule has 42 valence electrons. The normalized spacial score (nSPS) is 33.0. The van der Waals surface area contributed by atoms with Crippen molar-refractivity contribution in [1.82, 2.24) is 4.90 Å². The largest absolute Gasteiger partial charge is 0.294 e. The molecule has 0 aliphatic carbocycles. The van der Waals surface area contributed by atoms with Gasteiger partial charge in [-0.3, -0.25) is 4.90 Å². The van der Waals surface area contributed by atoms with Crippen LogP contribution in [0.3, 0.4) is 0 Å². The summed E-state index contributed by atoms with van der Waals surface area (Å²) in [6, 6.07) is 0. The summed E-state index contributed by atoms with van der Waals surface area (Å²) in [6.45, 7) is 4.57. The Morgan fingerprint density at radius 1 is 1.57 bits per heavy atom. The molecule has 1 fully saturated rings. The summed E-state index contributed by atoms with van der Waals surface area (Å²) < 4.78 is 0. The van der Waals surface area contributed by atoms with Crippen LogP contribution in [0.15, 0.2) is 0 Å². The third-order valence-corrected chi connectivity index (χ3v) is 3.58. The van der Waals surface area contributed by atoms with Gasteiger partial charge in [-0.15, -0.1) is 0 Å². The maximum atomic E-state index is 2.38. The summed E-state index contributed by atoms with van der Waals surface area (Å²) in [4.78, 5) is 2.38. The van der Waals surface area contributed by atoms with Gasteiger partial charge in [-0.1, -0.05) is 8.58 Å². The molecule has 0 radical (unpaired) electrons. The average molecular weight is 117 g/mol. The Balaban J connectivity index is 2.43. The molecule has 0 saturated carbocycles. The van der Waals surface area contributed by atoms with Gasteiger partial charge in [-0.2, -0.15) is 0 Å². The van der Waals surface area contributed by atoms with Crippen molar-refractivity contribution in [2.45, 2.75) is 19.1 Å². The van der Waals surface area contributed by atoms with Gasteiger partial charge in [0.1, 0.15) is 0 Å². The summed E-state index contributed by atoms with van der Waals surface area (Å²) >= 11 is 0. The first-order valence-electron chi connectivity index (χ1n) is 2.59. The topological polar surface area (TPSA) is 3.24 Å². The summed E-state index contributed by atoms with van der Waals surface area (Å²) in [7, 11) is 3.33. The van der Waals surface area contributed by atoms with Gasteiger partial charge in [-0.25, -0.2) is 0 Å². The Labute approximate surface area is 46.9 Å². The highest BCUT2D eigenvalue weighted by Gasteiger charge is 2.31. The van der Waals surface area contributed by atoms with Crippen LogP contribution in [0.1, 0.15) is 13.8 Å². The molecule has 0 aromatic carbocycles. The number of nitrogens with zero attached hydrogens (tertiary/aromatic N) is 1. The first-order chi connectivity index (χ1) is 3.13. The van der Waals surface area contributed by atoms with E-state index < -0.39 is 0 Å². The monoisotopic (exact) mass is 117 g/mol. The van der Waals surface area contributed by atoms with Gasteiger partial charge in [0.25, 0.3) is 0 Å². The van der Waals surface area contributed by atoms with Gasteiger partial charge in [0.15, 0.2) is 0 Å². The Kier molecular flexibility index (Phi) is 1.13. The van der Waals surface area contributed by atoms with E-state index in [2.05, 4.69) is 25.8 Å². The second-order valence-corrected chi connectivity index (χ2v) is 4.49. The van der Waals surface area contributed by atoms with Gasteiger partial charge in [0.2, 0.25) is 0 Å². The minimum atomic E-state index is 0.542. The summed E-state index contributed by atoms with van der Waals surface area (Å²) in [5.74, 6) is 0. The number of rotatable bonds is 0. The van der Waals surface area contributed by atoms with E-state index in [1.165, 1.54) is 6.29 Å². The zero-order valence-electron chi connectivity index (χ0n) is 5.15. The molecule has 1 heterocycles. The zero-order chi connectivity index (χ0) is 5.49. The minimum absolute atomic E-state index is 0.542. The second kappa shape index (κ2) is 1.43. The van der Waals surface area contributed by atoms with Crippen molar-refractivity contribution in [3.63, 3.8) is 0 Å². The molecule has 0 spiro atoms. The van der Waals surface area contributed by atoms with Crippen molar-refractivity contribution < 1.29 is 0 Å². The molecule has 2 heteroatoms. The highest BCUT2D eigenvalue weighted by molar-refractivity contribution is 7.41. The van der Waals surface area contributed by atoms with E-state index in [1.807, 2.05) is 0 Å². The third-order valence-electron chi connectivity index (χ3n) is 1.70. The van der Waals surface area contributed by atoms with Gasteiger partial charge >= 0.3 is 0 Å². The molecule has 0 aromatic heterocycles. The van der Waals surface area contributed by atoms with E-state index >= 15 is 0 Å². The second-order valence-electron chi connectivity index (χ2n) is 2.59. The lowest BCUT2D eigenvalue weighted by molar-refractivity contribution is 0.240. The van der Waals surface area contributed by atoms with E-state index in [9.17, 15) is 0 Å². The third kappa shape index (κ3) is 0.802. The van der Waals surface area contributed by atoms with Crippen LogP contribution in [0, 0.1) is 0 Å². The smallest absolute Gasteiger partial charge is 0.0335 e. The summed E-state index contributed by atoms with van der Waals surface area (Å²) in [6.07, 6.45) is 1.31. The molecule has 1 unspecified atom stereocenters. The molecule has 0 N–H and O–H groups in total. The quantitative estimate of drug-likeness (QED) is 0.432. The van der Waals surface area contributed by atoms with E-state index in [0.717, 1.165) is 8.58 Å². The maximum Gasteiger partial charge on any atom is 0.0335 e. The maximum absolute atomic E-state index is 2.38. The van der Waals surface area contributed by atoms with Crippen LogP contribution in [0.5, 0.6) is 0 Å². The highest BCUT2D eigenvalue weighted by Crippen LogP contribution is 2.44. The lowest BCUT2D eigenvalue weighted by Crippen LogP contribution is -2.45. The number of hydrogen-bond donors (Lipinski definition) is 0. The van der Waals surface area contributed by atoms with Crippen molar-refractivity contribution in [3.05, 3.63) is 0 Å². The van der Waals surface area contributed by atoms with Gasteiger partial charge in [0, 0.05) is 11.6 Å². The fourth-order valence-corrected chi connectivity index (χ4v) is 1.66. The SMILES string of the molecule is CN1CPC1(C)C. The minimum Gasteiger partial charge on any atom is -0.294 e. The molecule has 1 atom stereocenters. The van der Waals surface area contributed by atoms with Crippen molar-refractivity contribution in [2.75, 3.05) is 13.3 Å². The standard InChI is InChI=1S/C5H12NP/c1-5(2)6(3)4-7-5/h7H,4H2,1-3H3. The summed E-state index contributed by atoms with van der Waals surface area (Å²) in [5.41, 5.74) is 0. The fourth-order valence-electron chi connectivity index (χ4n) is 0.553. The first kappa shape index (κ1) is 5.53. The summed E-state index contributed by atoms with van der Waals surface area (Å²) in [5, 5.41) is 0.542. The predicted octanol–water partition coefficient (Wildman–Crippen LogP) is 1.30. The predicted molar refractivity (Wildman–Crippen MR) is 35.0 cm³/mol. The van der Waals surface area contributed by atoms with Gasteiger partial charge in [-0.05, 0) is 20.9 Å². The van der Waals surface area contributed by atoms with Crippen molar-refractivity contribution in [3.8, 4) is 0 Å². The molecule has 0 aromatic rings. The Morgan fingerprint density at radius 3 is 2.00 bits per heavy atom. The van der Waals surface area contributed by atoms with Crippen LogP contribution in [0.4, 0.5) is 0 Å². The first-order valence-corrected chi connectivity index (χ1v) is 3.80. The zero-order valence-corrected chi connectivity index (χ0v) is 6.15. The molecule has 0 bridgehead atoms. The molecule has 0 amide bonds. The van der Waals surface area contributed by atoms with Crippen LogP contribution >= 0.6 is 8.58 Å². The van der Waals surface area contributed by atoms with Gasteiger partial charge < -0.3 is 0 Å². The van der Waals surface area contributed by atoms with Crippen LogP contribution in [0.2, 0.25) is 0 Å². The molecule has 7 heavy (non-hydrogen) atoms.